The second kappa shape index (κ2) is 5.00. The normalized spacial score (nSPS) is 21.0. The first-order chi connectivity index (χ1) is 10.0. The first-order valence-corrected chi connectivity index (χ1v) is 7.28. The maximum Gasteiger partial charge on any atom is 0.322 e. The highest BCUT2D eigenvalue weighted by Crippen LogP contribution is 2.34. The van der Waals surface area contributed by atoms with E-state index in [2.05, 4.69) is 26.6 Å². The standard InChI is InChI=1S/C16H13BrN2O2/c1-10-4-2-5-11(8-10)16(14(20)18-15(21)19-16)12-6-3-7-13(17)9-12/h2-9H,1H3,(H2,18,19,20,21). The third-order valence-corrected chi connectivity index (χ3v) is 4.07. The fraction of sp³-hybridized carbons (Fsp3) is 0.125. The molecule has 106 valence electrons. The molecule has 0 aliphatic carbocycles. The minimum atomic E-state index is -1.19. The summed E-state index contributed by atoms with van der Waals surface area (Å²) in [6.45, 7) is 1.95. The molecule has 0 bridgehead atoms. The number of imide groups is 1. The van der Waals surface area contributed by atoms with Crippen LogP contribution in [-0.4, -0.2) is 11.9 Å². The summed E-state index contributed by atoms with van der Waals surface area (Å²) < 4.78 is 0.848. The number of hydrogen-bond donors (Lipinski definition) is 2. The summed E-state index contributed by atoms with van der Waals surface area (Å²) in [5.74, 6) is -0.365. The van der Waals surface area contributed by atoms with Crippen molar-refractivity contribution < 1.29 is 9.59 Å². The Labute approximate surface area is 130 Å². The van der Waals surface area contributed by atoms with Crippen LogP contribution in [0.3, 0.4) is 0 Å². The maximum absolute atomic E-state index is 12.5. The van der Waals surface area contributed by atoms with Crippen LogP contribution in [0.25, 0.3) is 0 Å². The van der Waals surface area contributed by atoms with E-state index in [1.807, 2.05) is 55.5 Å². The molecular weight excluding hydrogens is 332 g/mol. The fourth-order valence-corrected chi connectivity index (χ4v) is 3.03. The van der Waals surface area contributed by atoms with Crippen LogP contribution in [0.1, 0.15) is 16.7 Å². The summed E-state index contributed by atoms with van der Waals surface area (Å²) in [5, 5.41) is 5.12. The Morgan fingerprint density at radius 1 is 1.00 bits per heavy atom. The first kappa shape index (κ1) is 13.8. The number of carbonyl (C=O) groups is 2. The van der Waals surface area contributed by atoms with Crippen LogP contribution in [0.15, 0.2) is 53.0 Å². The molecule has 2 aromatic rings. The van der Waals surface area contributed by atoms with Crippen molar-refractivity contribution >= 4 is 27.9 Å². The van der Waals surface area contributed by atoms with E-state index in [9.17, 15) is 9.59 Å². The Kier molecular flexibility index (Phi) is 3.29. The second-order valence-corrected chi connectivity index (χ2v) is 5.95. The van der Waals surface area contributed by atoms with Crippen molar-refractivity contribution in [1.29, 1.82) is 0 Å². The van der Waals surface area contributed by atoms with Gasteiger partial charge in [-0.25, -0.2) is 4.79 Å². The van der Waals surface area contributed by atoms with E-state index >= 15 is 0 Å². The molecule has 1 aliphatic rings. The number of urea groups is 1. The SMILES string of the molecule is Cc1cccc(C2(c3cccc(Br)c3)NC(=O)NC2=O)c1. The van der Waals surface area contributed by atoms with Gasteiger partial charge in [0.2, 0.25) is 0 Å². The van der Waals surface area contributed by atoms with Gasteiger partial charge < -0.3 is 5.32 Å². The molecule has 1 fully saturated rings. The molecule has 1 aliphatic heterocycles. The van der Waals surface area contributed by atoms with Gasteiger partial charge in [-0.1, -0.05) is 57.9 Å². The summed E-state index contributed by atoms with van der Waals surface area (Å²) in [6, 6.07) is 14.5. The third-order valence-electron chi connectivity index (χ3n) is 3.58. The largest absolute Gasteiger partial charge is 0.322 e. The number of rotatable bonds is 2. The van der Waals surface area contributed by atoms with Gasteiger partial charge >= 0.3 is 6.03 Å². The predicted octanol–water partition coefficient (Wildman–Crippen LogP) is 2.84. The van der Waals surface area contributed by atoms with Gasteiger partial charge in [0.15, 0.2) is 5.54 Å². The number of amides is 3. The quantitative estimate of drug-likeness (QED) is 0.823. The van der Waals surface area contributed by atoms with Gasteiger partial charge in [0.05, 0.1) is 0 Å². The lowest BCUT2D eigenvalue weighted by Crippen LogP contribution is -2.44. The lowest BCUT2D eigenvalue weighted by molar-refractivity contribution is -0.122. The van der Waals surface area contributed by atoms with Gasteiger partial charge in [-0.15, -0.1) is 0 Å². The van der Waals surface area contributed by atoms with Crippen LogP contribution in [0.4, 0.5) is 4.79 Å². The number of hydrogen-bond acceptors (Lipinski definition) is 2. The van der Waals surface area contributed by atoms with Crippen molar-refractivity contribution in [3.63, 3.8) is 0 Å². The molecular formula is C16H13BrN2O2. The van der Waals surface area contributed by atoms with E-state index in [4.69, 9.17) is 0 Å². The van der Waals surface area contributed by atoms with Gasteiger partial charge in [-0.3, -0.25) is 10.1 Å². The van der Waals surface area contributed by atoms with E-state index in [0.717, 1.165) is 15.6 Å². The lowest BCUT2D eigenvalue weighted by Gasteiger charge is -2.27. The van der Waals surface area contributed by atoms with Crippen molar-refractivity contribution in [2.24, 2.45) is 0 Å². The third kappa shape index (κ3) is 2.23. The summed E-state index contributed by atoms with van der Waals surface area (Å²) in [6.07, 6.45) is 0. The van der Waals surface area contributed by atoms with Crippen LogP contribution >= 0.6 is 15.9 Å². The van der Waals surface area contributed by atoms with E-state index in [-0.39, 0.29) is 5.91 Å². The molecule has 0 saturated carbocycles. The number of aryl methyl sites for hydroxylation is 1. The van der Waals surface area contributed by atoms with Gasteiger partial charge in [0.25, 0.3) is 5.91 Å². The molecule has 3 rings (SSSR count). The average Bonchev–Trinajstić information content (AvgIpc) is 2.74. The van der Waals surface area contributed by atoms with Crippen LogP contribution < -0.4 is 10.6 Å². The van der Waals surface area contributed by atoms with Crippen LogP contribution in [0, 0.1) is 6.92 Å². The summed E-state index contributed by atoms with van der Waals surface area (Å²) in [7, 11) is 0. The smallest absolute Gasteiger partial charge is 0.316 e. The van der Waals surface area contributed by atoms with E-state index in [0.29, 0.717) is 5.56 Å². The van der Waals surface area contributed by atoms with Gasteiger partial charge in [0, 0.05) is 4.47 Å². The van der Waals surface area contributed by atoms with Crippen LogP contribution in [0.2, 0.25) is 0 Å². The van der Waals surface area contributed by atoms with E-state index in [1.165, 1.54) is 0 Å². The minimum absolute atomic E-state index is 0.365. The molecule has 3 amide bonds. The van der Waals surface area contributed by atoms with Crippen LogP contribution in [0.5, 0.6) is 0 Å². The summed E-state index contributed by atoms with van der Waals surface area (Å²) in [5.41, 5.74) is 1.29. The minimum Gasteiger partial charge on any atom is -0.316 e. The molecule has 0 aromatic heterocycles. The van der Waals surface area contributed by atoms with E-state index < -0.39 is 11.6 Å². The summed E-state index contributed by atoms with van der Waals surface area (Å²) >= 11 is 3.41. The molecule has 1 unspecified atom stereocenters. The zero-order valence-electron chi connectivity index (χ0n) is 11.3. The van der Waals surface area contributed by atoms with Crippen molar-refractivity contribution in [2.45, 2.75) is 12.5 Å². The molecule has 1 saturated heterocycles. The molecule has 2 N–H and O–H groups in total. The molecule has 1 heterocycles. The highest BCUT2D eigenvalue weighted by Gasteiger charge is 2.49. The molecule has 21 heavy (non-hydrogen) atoms. The monoisotopic (exact) mass is 344 g/mol. The maximum atomic E-state index is 12.5. The van der Waals surface area contributed by atoms with Gasteiger partial charge in [-0.2, -0.15) is 0 Å². The predicted molar refractivity (Wildman–Crippen MR) is 82.8 cm³/mol. The average molecular weight is 345 g/mol. The Balaban J connectivity index is 2.26. The highest BCUT2D eigenvalue weighted by molar-refractivity contribution is 9.10. The number of carbonyl (C=O) groups excluding carboxylic acids is 2. The lowest BCUT2D eigenvalue weighted by atomic mass is 9.82. The Hall–Kier alpha value is -2.14. The Morgan fingerprint density at radius 2 is 1.67 bits per heavy atom. The molecule has 5 heteroatoms. The van der Waals surface area contributed by atoms with Crippen molar-refractivity contribution in [3.8, 4) is 0 Å². The van der Waals surface area contributed by atoms with Gasteiger partial charge in [0.1, 0.15) is 0 Å². The zero-order chi connectivity index (χ0) is 15.0. The molecule has 0 radical (unpaired) electrons. The first-order valence-electron chi connectivity index (χ1n) is 6.49. The van der Waals surface area contributed by atoms with Crippen molar-refractivity contribution in [1.82, 2.24) is 10.6 Å². The zero-order valence-corrected chi connectivity index (χ0v) is 12.9. The Morgan fingerprint density at radius 3 is 2.24 bits per heavy atom. The topological polar surface area (TPSA) is 58.2 Å². The number of nitrogens with one attached hydrogen (secondary N) is 2. The Bertz CT molecular complexity index is 697. The fourth-order valence-electron chi connectivity index (χ4n) is 2.63. The van der Waals surface area contributed by atoms with E-state index in [1.54, 1.807) is 0 Å². The van der Waals surface area contributed by atoms with Gasteiger partial charge in [-0.05, 0) is 30.2 Å². The van der Waals surface area contributed by atoms with Crippen molar-refractivity contribution in [2.75, 3.05) is 0 Å². The number of halogens is 1. The highest BCUT2D eigenvalue weighted by atomic mass is 79.9. The molecule has 2 aromatic carbocycles. The molecule has 0 spiro atoms. The van der Waals surface area contributed by atoms with Crippen LogP contribution in [-0.2, 0) is 10.3 Å². The molecule has 4 nitrogen and oxygen atoms in total. The summed E-state index contributed by atoms with van der Waals surface area (Å²) in [4.78, 5) is 24.3. The second-order valence-electron chi connectivity index (χ2n) is 5.04. The molecule has 1 atom stereocenters. The number of benzene rings is 2. The van der Waals surface area contributed by atoms with Crippen molar-refractivity contribution in [3.05, 3.63) is 69.7 Å².